The topological polar surface area (TPSA) is 67.5 Å². The molecule has 0 bridgehead atoms. The third-order valence-electron chi connectivity index (χ3n) is 1.35. The van der Waals surface area contributed by atoms with Gasteiger partial charge in [0.05, 0.1) is 5.69 Å². The summed E-state index contributed by atoms with van der Waals surface area (Å²) >= 11 is 0. The van der Waals surface area contributed by atoms with Gasteiger partial charge in [0.15, 0.2) is 0 Å². The summed E-state index contributed by atoms with van der Waals surface area (Å²) in [5, 5.41) is 9.14. The molecule has 4 nitrogen and oxygen atoms in total. The number of phenols is 1. The van der Waals surface area contributed by atoms with E-state index < -0.39 is 6.61 Å². The monoisotopic (exact) mass is 190 g/mol. The first-order valence-electron chi connectivity index (χ1n) is 3.38. The summed E-state index contributed by atoms with van der Waals surface area (Å²) < 4.78 is 27.4. The number of anilines is 1. The molecule has 0 aromatic heterocycles. The van der Waals surface area contributed by atoms with Gasteiger partial charge in [0.2, 0.25) is 0 Å². The molecule has 1 aromatic rings. The SMILES string of the molecule is NNc1ccc(OC(F)F)cc1O. The Morgan fingerprint density at radius 1 is 1.46 bits per heavy atom. The molecule has 0 amide bonds. The fourth-order valence-electron chi connectivity index (χ4n) is 0.810. The number of nitrogens with two attached hydrogens (primary N) is 1. The van der Waals surface area contributed by atoms with Gasteiger partial charge in [-0.2, -0.15) is 8.78 Å². The van der Waals surface area contributed by atoms with Crippen LogP contribution in [0.2, 0.25) is 0 Å². The number of benzene rings is 1. The van der Waals surface area contributed by atoms with E-state index in [-0.39, 0.29) is 17.2 Å². The molecule has 0 heterocycles. The van der Waals surface area contributed by atoms with Crippen molar-refractivity contribution in [1.29, 1.82) is 0 Å². The fourth-order valence-corrected chi connectivity index (χ4v) is 0.810. The maximum atomic E-state index is 11.7. The van der Waals surface area contributed by atoms with Gasteiger partial charge >= 0.3 is 6.61 Å². The molecule has 1 rings (SSSR count). The molecule has 0 aliphatic rings. The van der Waals surface area contributed by atoms with Crippen LogP contribution in [0.3, 0.4) is 0 Å². The van der Waals surface area contributed by atoms with E-state index >= 15 is 0 Å². The van der Waals surface area contributed by atoms with Crippen molar-refractivity contribution in [2.75, 3.05) is 5.43 Å². The van der Waals surface area contributed by atoms with E-state index in [0.29, 0.717) is 0 Å². The number of hydrogen-bond acceptors (Lipinski definition) is 4. The zero-order valence-corrected chi connectivity index (χ0v) is 6.50. The molecule has 0 saturated heterocycles. The fraction of sp³-hybridized carbons (Fsp3) is 0.143. The number of hydrogen-bond donors (Lipinski definition) is 3. The Morgan fingerprint density at radius 2 is 2.15 bits per heavy atom. The highest BCUT2D eigenvalue weighted by molar-refractivity contribution is 5.57. The van der Waals surface area contributed by atoms with Gasteiger partial charge in [-0.1, -0.05) is 0 Å². The Labute approximate surface area is 72.9 Å². The molecule has 0 fully saturated rings. The second-order valence-corrected chi connectivity index (χ2v) is 2.20. The van der Waals surface area contributed by atoms with Crippen molar-refractivity contribution >= 4 is 5.69 Å². The van der Waals surface area contributed by atoms with Gasteiger partial charge < -0.3 is 15.3 Å². The van der Waals surface area contributed by atoms with Crippen LogP contribution in [0.1, 0.15) is 0 Å². The lowest BCUT2D eigenvalue weighted by atomic mass is 10.3. The Bertz CT molecular complexity index is 294. The van der Waals surface area contributed by atoms with Gasteiger partial charge in [-0.15, -0.1) is 0 Å². The van der Waals surface area contributed by atoms with Crippen molar-refractivity contribution in [3.63, 3.8) is 0 Å². The first kappa shape index (κ1) is 9.53. The van der Waals surface area contributed by atoms with Gasteiger partial charge in [0.1, 0.15) is 11.5 Å². The highest BCUT2D eigenvalue weighted by Gasteiger charge is 2.06. The molecule has 1 aromatic carbocycles. The average Bonchev–Trinajstić information content (AvgIpc) is 2.03. The van der Waals surface area contributed by atoms with E-state index in [1.54, 1.807) is 0 Å². The number of rotatable bonds is 3. The molecule has 0 atom stereocenters. The molecule has 0 aliphatic carbocycles. The molecular weight excluding hydrogens is 182 g/mol. The van der Waals surface area contributed by atoms with E-state index in [9.17, 15) is 8.78 Å². The van der Waals surface area contributed by atoms with Crippen LogP contribution in [-0.2, 0) is 0 Å². The highest BCUT2D eigenvalue weighted by Crippen LogP contribution is 2.27. The summed E-state index contributed by atoms with van der Waals surface area (Å²) in [7, 11) is 0. The van der Waals surface area contributed by atoms with Crippen LogP contribution in [0.5, 0.6) is 11.5 Å². The highest BCUT2D eigenvalue weighted by atomic mass is 19.3. The van der Waals surface area contributed by atoms with Crippen molar-refractivity contribution in [1.82, 2.24) is 0 Å². The third kappa shape index (κ3) is 2.45. The first-order chi connectivity index (χ1) is 6.13. The lowest BCUT2D eigenvalue weighted by Gasteiger charge is -2.07. The lowest BCUT2D eigenvalue weighted by molar-refractivity contribution is -0.0499. The van der Waals surface area contributed by atoms with Crippen molar-refractivity contribution < 1.29 is 18.6 Å². The Hall–Kier alpha value is -1.56. The van der Waals surface area contributed by atoms with Crippen LogP contribution < -0.4 is 16.0 Å². The van der Waals surface area contributed by atoms with E-state index in [1.807, 2.05) is 0 Å². The van der Waals surface area contributed by atoms with E-state index in [2.05, 4.69) is 10.2 Å². The summed E-state index contributed by atoms with van der Waals surface area (Å²) in [5.74, 6) is 4.63. The van der Waals surface area contributed by atoms with Gasteiger partial charge in [0.25, 0.3) is 0 Å². The van der Waals surface area contributed by atoms with Crippen LogP contribution in [0.4, 0.5) is 14.5 Å². The summed E-state index contributed by atoms with van der Waals surface area (Å²) in [5.41, 5.74) is 2.42. The Kier molecular flexibility index (Phi) is 2.86. The molecule has 0 aliphatic heterocycles. The predicted molar refractivity (Wildman–Crippen MR) is 42.5 cm³/mol. The minimum absolute atomic E-state index is 0.119. The zero-order chi connectivity index (χ0) is 9.84. The second kappa shape index (κ2) is 3.90. The van der Waals surface area contributed by atoms with Crippen molar-refractivity contribution in [2.45, 2.75) is 6.61 Å². The summed E-state index contributed by atoms with van der Waals surface area (Å²) in [6.45, 7) is -2.91. The van der Waals surface area contributed by atoms with Crippen LogP contribution in [0.25, 0.3) is 0 Å². The number of nitrogen functional groups attached to an aromatic ring is 1. The summed E-state index contributed by atoms with van der Waals surface area (Å²) in [6, 6.07) is 3.63. The third-order valence-corrected chi connectivity index (χ3v) is 1.35. The van der Waals surface area contributed by atoms with Gasteiger partial charge in [0, 0.05) is 6.07 Å². The molecule has 72 valence electrons. The van der Waals surface area contributed by atoms with Crippen molar-refractivity contribution in [2.24, 2.45) is 5.84 Å². The van der Waals surface area contributed by atoms with Crippen LogP contribution >= 0.6 is 0 Å². The predicted octanol–water partition coefficient (Wildman–Crippen LogP) is 1.28. The minimum Gasteiger partial charge on any atom is -0.506 e. The van der Waals surface area contributed by atoms with Gasteiger partial charge in [-0.25, -0.2) is 0 Å². The number of ether oxygens (including phenoxy) is 1. The molecular formula is C7H8F2N2O2. The molecule has 0 saturated carbocycles. The maximum absolute atomic E-state index is 11.7. The van der Waals surface area contributed by atoms with E-state index in [1.165, 1.54) is 12.1 Å². The van der Waals surface area contributed by atoms with E-state index in [4.69, 9.17) is 10.9 Å². The molecule has 4 N–H and O–H groups in total. The first-order valence-corrected chi connectivity index (χ1v) is 3.38. The van der Waals surface area contributed by atoms with E-state index in [0.717, 1.165) is 6.07 Å². The Morgan fingerprint density at radius 3 is 2.62 bits per heavy atom. The lowest BCUT2D eigenvalue weighted by Crippen LogP contribution is -2.07. The quantitative estimate of drug-likeness (QED) is 0.381. The number of halogens is 2. The number of phenolic OH excluding ortho intramolecular Hbond substituents is 1. The second-order valence-electron chi connectivity index (χ2n) is 2.20. The van der Waals surface area contributed by atoms with Gasteiger partial charge in [-0.05, 0) is 12.1 Å². The normalized spacial score (nSPS) is 10.2. The van der Waals surface area contributed by atoms with Gasteiger partial charge in [-0.3, -0.25) is 5.84 Å². The standard InChI is InChI=1S/C7H8F2N2O2/c8-7(9)13-4-1-2-5(11-10)6(12)3-4/h1-3,7,11-12H,10H2. The average molecular weight is 190 g/mol. The van der Waals surface area contributed by atoms with Crippen LogP contribution in [-0.4, -0.2) is 11.7 Å². The number of hydrazine groups is 1. The number of alkyl halides is 2. The zero-order valence-electron chi connectivity index (χ0n) is 6.50. The van der Waals surface area contributed by atoms with Crippen LogP contribution in [0.15, 0.2) is 18.2 Å². The van der Waals surface area contributed by atoms with Crippen molar-refractivity contribution in [3.05, 3.63) is 18.2 Å². The smallest absolute Gasteiger partial charge is 0.387 e. The van der Waals surface area contributed by atoms with Crippen LogP contribution in [0, 0.1) is 0 Å². The number of aromatic hydroxyl groups is 1. The maximum Gasteiger partial charge on any atom is 0.387 e. The number of nitrogens with one attached hydrogen (secondary N) is 1. The Balaban J connectivity index is 2.83. The summed E-state index contributed by atoms with van der Waals surface area (Å²) in [6.07, 6.45) is 0. The minimum atomic E-state index is -2.91. The van der Waals surface area contributed by atoms with Crippen molar-refractivity contribution in [3.8, 4) is 11.5 Å². The largest absolute Gasteiger partial charge is 0.506 e. The molecule has 6 heteroatoms. The molecule has 0 unspecified atom stereocenters. The molecule has 0 radical (unpaired) electrons. The molecule has 0 spiro atoms. The summed E-state index contributed by atoms with van der Waals surface area (Å²) in [4.78, 5) is 0. The molecule has 13 heavy (non-hydrogen) atoms.